The van der Waals surface area contributed by atoms with E-state index in [2.05, 4.69) is 16.7 Å². The molecular formula is C21H29N3O5S. The molecule has 8 nitrogen and oxygen atoms in total. The molecule has 0 heterocycles. The average molecular weight is 436 g/mol. The van der Waals surface area contributed by atoms with E-state index < -0.39 is 23.5 Å². The zero-order valence-corrected chi connectivity index (χ0v) is 18.8. The van der Waals surface area contributed by atoms with Gasteiger partial charge in [0, 0.05) is 18.6 Å². The maximum Gasteiger partial charge on any atom is 0.340 e. The standard InChI is InChI=1S/C21H29N3O5S/c1-14(2)21(4,13-22)24-19(26)15(3)29-20(27)16-8-6-7-9-17(16)30-12-18(25)23-10-11-28-5/h6-9,14-15H,10-12H2,1-5H3,(H,23,25)(H,24,26). The van der Waals surface area contributed by atoms with Crippen molar-refractivity contribution in [2.75, 3.05) is 26.0 Å². The second-order valence-electron chi connectivity index (χ2n) is 7.13. The number of nitrogens with zero attached hydrogens (tertiary/aromatic N) is 1. The van der Waals surface area contributed by atoms with Gasteiger partial charge in [0.15, 0.2) is 6.10 Å². The number of amides is 2. The Morgan fingerprint density at radius 3 is 2.50 bits per heavy atom. The molecule has 2 atom stereocenters. The zero-order chi connectivity index (χ0) is 22.7. The number of nitrogens with one attached hydrogen (secondary N) is 2. The van der Waals surface area contributed by atoms with Crippen molar-refractivity contribution in [3.8, 4) is 6.07 Å². The highest BCUT2D eigenvalue weighted by Crippen LogP contribution is 2.24. The largest absolute Gasteiger partial charge is 0.449 e. The van der Waals surface area contributed by atoms with Crippen LogP contribution in [0.5, 0.6) is 0 Å². The molecule has 2 N–H and O–H groups in total. The van der Waals surface area contributed by atoms with E-state index in [1.807, 2.05) is 13.8 Å². The number of nitriles is 1. The second-order valence-corrected chi connectivity index (χ2v) is 8.15. The van der Waals surface area contributed by atoms with Gasteiger partial charge in [-0.05, 0) is 31.9 Å². The summed E-state index contributed by atoms with van der Waals surface area (Å²) in [7, 11) is 1.55. The van der Waals surface area contributed by atoms with Crippen molar-refractivity contribution in [1.82, 2.24) is 10.6 Å². The Bertz CT molecular complexity index is 793. The third-order valence-electron chi connectivity index (χ3n) is 4.52. The van der Waals surface area contributed by atoms with Crippen LogP contribution in [0.2, 0.25) is 0 Å². The molecule has 0 spiro atoms. The number of hydrogen-bond acceptors (Lipinski definition) is 7. The highest BCUT2D eigenvalue weighted by atomic mass is 32.2. The summed E-state index contributed by atoms with van der Waals surface area (Å²) in [4.78, 5) is 37.5. The van der Waals surface area contributed by atoms with Gasteiger partial charge in [-0.25, -0.2) is 4.79 Å². The van der Waals surface area contributed by atoms with Crippen LogP contribution in [0.4, 0.5) is 0 Å². The number of rotatable bonds is 11. The minimum Gasteiger partial charge on any atom is -0.449 e. The summed E-state index contributed by atoms with van der Waals surface area (Å²) in [5, 5.41) is 14.7. The number of methoxy groups -OCH3 is 1. The first kappa shape index (κ1) is 25.5. The van der Waals surface area contributed by atoms with Crippen molar-refractivity contribution in [3.05, 3.63) is 29.8 Å². The number of hydrogen-bond donors (Lipinski definition) is 2. The summed E-state index contributed by atoms with van der Waals surface area (Å²) in [6, 6.07) is 8.79. The summed E-state index contributed by atoms with van der Waals surface area (Å²) in [5.41, 5.74) is -0.805. The monoisotopic (exact) mass is 435 g/mol. The molecule has 0 radical (unpaired) electrons. The number of carbonyl (C=O) groups is 3. The van der Waals surface area contributed by atoms with Crippen LogP contribution in [0.1, 0.15) is 38.1 Å². The van der Waals surface area contributed by atoms with Gasteiger partial charge in [-0.2, -0.15) is 5.26 Å². The highest BCUT2D eigenvalue weighted by molar-refractivity contribution is 8.00. The summed E-state index contributed by atoms with van der Waals surface area (Å²) >= 11 is 1.20. The molecule has 164 valence electrons. The molecule has 30 heavy (non-hydrogen) atoms. The third kappa shape index (κ3) is 7.69. The molecule has 1 aromatic carbocycles. The zero-order valence-electron chi connectivity index (χ0n) is 18.0. The average Bonchev–Trinajstić information content (AvgIpc) is 2.72. The van der Waals surface area contributed by atoms with E-state index in [4.69, 9.17) is 9.47 Å². The Kier molecular flexibility index (Phi) is 10.4. The number of esters is 1. The Labute approximate surface area is 181 Å². The molecule has 0 aliphatic carbocycles. The molecule has 0 aromatic heterocycles. The highest BCUT2D eigenvalue weighted by Gasteiger charge is 2.32. The minimum atomic E-state index is -1.08. The smallest absolute Gasteiger partial charge is 0.340 e. The van der Waals surface area contributed by atoms with Crippen LogP contribution >= 0.6 is 11.8 Å². The molecule has 2 amide bonds. The van der Waals surface area contributed by atoms with Crippen LogP contribution in [0.25, 0.3) is 0 Å². The van der Waals surface area contributed by atoms with E-state index in [9.17, 15) is 19.6 Å². The number of thioether (sulfide) groups is 1. The lowest BCUT2D eigenvalue weighted by Crippen LogP contribution is -2.52. The van der Waals surface area contributed by atoms with Gasteiger partial charge in [0.05, 0.1) is 24.0 Å². The van der Waals surface area contributed by atoms with Crippen LogP contribution in [0, 0.1) is 17.2 Å². The van der Waals surface area contributed by atoms with Crippen molar-refractivity contribution < 1.29 is 23.9 Å². The first-order valence-electron chi connectivity index (χ1n) is 9.56. The molecule has 0 aliphatic heterocycles. The lowest BCUT2D eigenvalue weighted by Gasteiger charge is -2.28. The van der Waals surface area contributed by atoms with E-state index in [1.165, 1.54) is 18.7 Å². The fourth-order valence-electron chi connectivity index (χ4n) is 2.18. The van der Waals surface area contributed by atoms with Crippen LogP contribution in [0.3, 0.4) is 0 Å². The van der Waals surface area contributed by atoms with Crippen molar-refractivity contribution >= 4 is 29.5 Å². The SMILES string of the molecule is COCCNC(=O)CSc1ccccc1C(=O)OC(C)C(=O)NC(C)(C#N)C(C)C. The molecule has 0 saturated heterocycles. The third-order valence-corrected chi connectivity index (χ3v) is 5.59. The van der Waals surface area contributed by atoms with E-state index in [0.717, 1.165) is 0 Å². The van der Waals surface area contributed by atoms with E-state index >= 15 is 0 Å². The normalized spacial score (nSPS) is 13.6. The molecule has 0 saturated carbocycles. The second kappa shape index (κ2) is 12.2. The van der Waals surface area contributed by atoms with E-state index in [0.29, 0.717) is 18.0 Å². The molecular weight excluding hydrogens is 406 g/mol. The van der Waals surface area contributed by atoms with Gasteiger partial charge in [0.2, 0.25) is 5.91 Å². The fourth-order valence-corrected chi connectivity index (χ4v) is 3.05. The van der Waals surface area contributed by atoms with Crippen LogP contribution in [-0.4, -0.2) is 55.4 Å². The quantitative estimate of drug-likeness (QED) is 0.311. The first-order valence-corrected chi connectivity index (χ1v) is 10.5. The fraction of sp³-hybridized carbons (Fsp3) is 0.524. The van der Waals surface area contributed by atoms with Gasteiger partial charge in [0.25, 0.3) is 5.91 Å². The summed E-state index contributed by atoms with van der Waals surface area (Å²) in [6.07, 6.45) is -1.08. The molecule has 0 bridgehead atoms. The Balaban J connectivity index is 2.74. The number of carbonyl (C=O) groups excluding carboxylic acids is 3. The van der Waals surface area contributed by atoms with Crippen LogP contribution in [0.15, 0.2) is 29.2 Å². The Hall–Kier alpha value is -2.57. The maximum absolute atomic E-state index is 12.6. The molecule has 2 unspecified atom stereocenters. The van der Waals surface area contributed by atoms with E-state index in [1.54, 1.807) is 38.3 Å². The predicted octanol–water partition coefficient (Wildman–Crippen LogP) is 2.14. The summed E-state index contributed by atoms with van der Waals surface area (Å²) < 4.78 is 10.2. The van der Waals surface area contributed by atoms with Crippen molar-refractivity contribution in [2.24, 2.45) is 5.92 Å². The molecule has 1 rings (SSSR count). The molecule has 1 aromatic rings. The maximum atomic E-state index is 12.6. The van der Waals surface area contributed by atoms with Crippen molar-refractivity contribution in [2.45, 2.75) is 44.2 Å². The number of benzene rings is 1. The summed E-state index contributed by atoms with van der Waals surface area (Å²) in [5.74, 6) is -1.41. The van der Waals surface area contributed by atoms with Crippen LogP contribution < -0.4 is 10.6 Å². The Morgan fingerprint density at radius 2 is 1.90 bits per heavy atom. The lowest BCUT2D eigenvalue weighted by molar-refractivity contribution is -0.130. The van der Waals surface area contributed by atoms with Gasteiger partial charge in [-0.3, -0.25) is 9.59 Å². The minimum absolute atomic E-state index is 0.124. The first-order chi connectivity index (χ1) is 14.1. The van der Waals surface area contributed by atoms with Gasteiger partial charge in [-0.15, -0.1) is 11.8 Å². The van der Waals surface area contributed by atoms with Gasteiger partial charge < -0.3 is 20.1 Å². The molecule has 0 fully saturated rings. The van der Waals surface area contributed by atoms with Gasteiger partial charge >= 0.3 is 5.97 Å². The lowest BCUT2D eigenvalue weighted by atomic mass is 9.90. The van der Waals surface area contributed by atoms with Crippen LogP contribution in [-0.2, 0) is 19.1 Å². The molecule has 9 heteroatoms. The van der Waals surface area contributed by atoms with Gasteiger partial charge in [0.1, 0.15) is 5.54 Å². The number of ether oxygens (including phenoxy) is 2. The Morgan fingerprint density at radius 1 is 1.23 bits per heavy atom. The topological polar surface area (TPSA) is 118 Å². The summed E-state index contributed by atoms with van der Waals surface area (Å²) in [6.45, 7) is 7.53. The predicted molar refractivity (Wildman–Crippen MR) is 114 cm³/mol. The van der Waals surface area contributed by atoms with Crippen molar-refractivity contribution in [3.63, 3.8) is 0 Å². The van der Waals surface area contributed by atoms with E-state index in [-0.39, 0.29) is 23.1 Å². The van der Waals surface area contributed by atoms with Gasteiger partial charge in [-0.1, -0.05) is 26.0 Å². The molecule has 0 aliphatic rings. The van der Waals surface area contributed by atoms with Crippen molar-refractivity contribution in [1.29, 1.82) is 5.26 Å².